The first-order valence-corrected chi connectivity index (χ1v) is 13.3. The molecular weight excluding hydrogens is 486 g/mol. The van der Waals surface area contributed by atoms with Crippen LogP contribution in [0.4, 0.5) is 11.5 Å². The highest BCUT2D eigenvalue weighted by Gasteiger charge is 2.23. The van der Waals surface area contributed by atoms with Crippen molar-refractivity contribution in [2.45, 2.75) is 6.10 Å². The van der Waals surface area contributed by atoms with Crippen LogP contribution in [0.2, 0.25) is 0 Å². The van der Waals surface area contributed by atoms with E-state index in [4.69, 9.17) is 9.72 Å². The second-order valence-corrected chi connectivity index (χ2v) is 10.5. The highest BCUT2D eigenvalue weighted by molar-refractivity contribution is 7.88. The summed E-state index contributed by atoms with van der Waals surface area (Å²) in [5.41, 5.74) is 4.36. The number of nitrogens with zero attached hydrogens (tertiary/aromatic N) is 5. The molecule has 0 aliphatic carbocycles. The van der Waals surface area contributed by atoms with Crippen molar-refractivity contribution < 1.29 is 13.2 Å². The summed E-state index contributed by atoms with van der Waals surface area (Å²) in [4.78, 5) is 16.0. The third-order valence-electron chi connectivity index (χ3n) is 6.19. The van der Waals surface area contributed by atoms with Gasteiger partial charge >= 0.3 is 0 Å². The predicted molar refractivity (Wildman–Crippen MR) is 143 cm³/mol. The summed E-state index contributed by atoms with van der Waals surface area (Å²) in [7, 11) is -3.14. The van der Waals surface area contributed by atoms with E-state index in [1.807, 2.05) is 18.2 Å². The highest BCUT2D eigenvalue weighted by atomic mass is 32.2. The minimum Gasteiger partial charge on any atom is -0.374 e. The van der Waals surface area contributed by atoms with E-state index in [0.29, 0.717) is 45.1 Å². The third-order valence-corrected chi connectivity index (χ3v) is 7.50. The SMILES string of the molecule is CS(=O)(=O)N1CCN(c2ccc(-c3cc4nccnc4c(NC[C@@H]4CNCCO4)n3)cc2)CC1.S. The first-order chi connectivity index (χ1) is 16.5. The van der Waals surface area contributed by atoms with Crippen LogP contribution in [0.5, 0.6) is 0 Å². The molecule has 2 fully saturated rings. The molecule has 188 valence electrons. The second-order valence-electron chi connectivity index (χ2n) is 8.55. The molecule has 2 aromatic heterocycles. The Kier molecular flexibility index (Phi) is 8.07. The molecule has 1 atom stereocenters. The van der Waals surface area contributed by atoms with Gasteiger partial charge in [0, 0.05) is 69.5 Å². The molecule has 12 heteroatoms. The van der Waals surface area contributed by atoms with E-state index >= 15 is 0 Å². The van der Waals surface area contributed by atoms with Gasteiger partial charge in [0.15, 0.2) is 5.82 Å². The van der Waals surface area contributed by atoms with Crippen LogP contribution in [0.15, 0.2) is 42.7 Å². The first-order valence-electron chi connectivity index (χ1n) is 11.5. The zero-order valence-corrected chi connectivity index (χ0v) is 21.5. The van der Waals surface area contributed by atoms with E-state index in [0.717, 1.165) is 41.1 Å². The molecule has 0 saturated carbocycles. The van der Waals surface area contributed by atoms with E-state index in [2.05, 4.69) is 37.6 Å². The van der Waals surface area contributed by atoms with Gasteiger partial charge in [-0.05, 0) is 18.2 Å². The monoisotopic (exact) mass is 517 g/mol. The number of piperazine rings is 1. The number of nitrogens with one attached hydrogen (secondary N) is 2. The number of ether oxygens (including phenoxy) is 1. The standard InChI is InChI=1S/C23H29N7O3S.H2S/c1-34(31,32)30-11-9-29(10-12-30)18-4-2-17(3-5-18)20-14-21-22(26-7-6-25-21)23(28-20)27-16-19-15-24-8-13-33-19;/h2-7,14,19,24H,8-13,15-16H2,1H3,(H,27,28);1H2/t19-;/m0./s1. The number of rotatable bonds is 6. The first kappa shape index (κ1) is 25.6. The molecule has 2 aliphatic heterocycles. The Hall–Kier alpha value is -2.51. The van der Waals surface area contributed by atoms with Gasteiger partial charge in [-0.15, -0.1) is 0 Å². The molecule has 5 rings (SSSR count). The number of morpholine rings is 1. The average Bonchev–Trinajstić information content (AvgIpc) is 2.87. The quantitative estimate of drug-likeness (QED) is 0.499. The fourth-order valence-corrected chi connectivity index (χ4v) is 5.15. The number of benzene rings is 1. The lowest BCUT2D eigenvalue weighted by Crippen LogP contribution is -2.48. The Morgan fingerprint density at radius 1 is 1.11 bits per heavy atom. The molecule has 0 bridgehead atoms. The zero-order chi connectivity index (χ0) is 23.5. The molecule has 10 nitrogen and oxygen atoms in total. The van der Waals surface area contributed by atoms with Crippen molar-refractivity contribution in [2.24, 2.45) is 0 Å². The molecule has 2 aliphatic rings. The summed E-state index contributed by atoms with van der Waals surface area (Å²) in [6, 6.07) is 10.2. The van der Waals surface area contributed by atoms with Gasteiger partial charge in [0.2, 0.25) is 10.0 Å². The molecule has 0 radical (unpaired) electrons. The number of aromatic nitrogens is 3. The van der Waals surface area contributed by atoms with Crippen LogP contribution in [0.1, 0.15) is 0 Å². The fourth-order valence-electron chi connectivity index (χ4n) is 4.33. The Labute approximate surface area is 212 Å². The van der Waals surface area contributed by atoms with Gasteiger partial charge in [-0.25, -0.2) is 18.4 Å². The fraction of sp³-hybridized carbons (Fsp3) is 0.435. The summed E-state index contributed by atoms with van der Waals surface area (Å²) in [6.45, 7) is 5.36. The maximum Gasteiger partial charge on any atom is 0.211 e. The van der Waals surface area contributed by atoms with Gasteiger partial charge in [0.1, 0.15) is 5.52 Å². The van der Waals surface area contributed by atoms with Gasteiger partial charge in [-0.2, -0.15) is 17.8 Å². The second kappa shape index (κ2) is 11.0. The molecule has 0 unspecified atom stereocenters. The third kappa shape index (κ3) is 6.01. The lowest BCUT2D eigenvalue weighted by atomic mass is 10.1. The van der Waals surface area contributed by atoms with E-state index in [1.165, 1.54) is 10.6 Å². The summed E-state index contributed by atoms with van der Waals surface area (Å²) < 4.78 is 30.8. The van der Waals surface area contributed by atoms with Crippen LogP contribution in [-0.2, 0) is 14.8 Å². The van der Waals surface area contributed by atoms with E-state index in [9.17, 15) is 8.42 Å². The molecule has 0 spiro atoms. The van der Waals surface area contributed by atoms with Gasteiger partial charge in [-0.1, -0.05) is 12.1 Å². The molecule has 2 N–H and O–H groups in total. The van der Waals surface area contributed by atoms with Crippen molar-refractivity contribution >= 4 is 46.1 Å². The number of pyridine rings is 1. The van der Waals surface area contributed by atoms with E-state index < -0.39 is 10.0 Å². The Bertz CT molecular complexity index is 1240. The highest BCUT2D eigenvalue weighted by Crippen LogP contribution is 2.27. The van der Waals surface area contributed by atoms with Gasteiger partial charge < -0.3 is 20.3 Å². The zero-order valence-electron chi connectivity index (χ0n) is 19.6. The summed E-state index contributed by atoms with van der Waals surface area (Å²) in [6.07, 6.45) is 4.70. The van der Waals surface area contributed by atoms with Crippen LogP contribution >= 0.6 is 13.5 Å². The van der Waals surface area contributed by atoms with Crippen molar-refractivity contribution in [1.82, 2.24) is 24.6 Å². The molecule has 1 aromatic carbocycles. The normalized spacial score (nSPS) is 19.3. The maximum atomic E-state index is 11.8. The van der Waals surface area contributed by atoms with Crippen molar-refractivity contribution in [3.05, 3.63) is 42.7 Å². The van der Waals surface area contributed by atoms with Gasteiger partial charge in [0.25, 0.3) is 0 Å². The van der Waals surface area contributed by atoms with Crippen molar-refractivity contribution in [3.63, 3.8) is 0 Å². The number of sulfonamides is 1. The smallest absolute Gasteiger partial charge is 0.211 e. The molecular formula is C23H31N7O3S2. The Balaban J connectivity index is 0.00000289. The minimum absolute atomic E-state index is 0. The molecule has 4 heterocycles. The summed E-state index contributed by atoms with van der Waals surface area (Å²) >= 11 is 0. The molecule has 0 amide bonds. The van der Waals surface area contributed by atoms with Crippen LogP contribution in [0, 0.1) is 0 Å². The van der Waals surface area contributed by atoms with E-state index in [1.54, 1.807) is 12.4 Å². The molecule has 35 heavy (non-hydrogen) atoms. The number of hydrogen-bond donors (Lipinski definition) is 2. The topological polar surface area (TPSA) is 113 Å². The number of fused-ring (bicyclic) bond motifs is 1. The molecule has 2 saturated heterocycles. The van der Waals surface area contributed by atoms with Crippen LogP contribution < -0.4 is 15.5 Å². The summed E-state index contributed by atoms with van der Waals surface area (Å²) in [5.74, 6) is 0.691. The van der Waals surface area contributed by atoms with Gasteiger partial charge in [0.05, 0.1) is 30.2 Å². The maximum absolute atomic E-state index is 11.8. The Morgan fingerprint density at radius 3 is 2.54 bits per heavy atom. The lowest BCUT2D eigenvalue weighted by molar-refractivity contribution is 0.0372. The van der Waals surface area contributed by atoms with Crippen molar-refractivity contribution in [3.8, 4) is 11.3 Å². The lowest BCUT2D eigenvalue weighted by Gasteiger charge is -2.34. The number of hydrogen-bond acceptors (Lipinski definition) is 9. The largest absolute Gasteiger partial charge is 0.374 e. The number of anilines is 2. The molecule has 3 aromatic rings. The Morgan fingerprint density at radius 2 is 1.86 bits per heavy atom. The summed E-state index contributed by atoms with van der Waals surface area (Å²) in [5, 5.41) is 6.74. The van der Waals surface area contributed by atoms with E-state index in [-0.39, 0.29) is 19.6 Å². The van der Waals surface area contributed by atoms with Crippen molar-refractivity contribution in [1.29, 1.82) is 0 Å². The van der Waals surface area contributed by atoms with Crippen LogP contribution in [0.25, 0.3) is 22.3 Å². The van der Waals surface area contributed by atoms with Crippen LogP contribution in [-0.4, -0.2) is 92.5 Å². The minimum atomic E-state index is -3.14. The predicted octanol–water partition coefficient (Wildman–Crippen LogP) is 1.29. The van der Waals surface area contributed by atoms with Crippen molar-refractivity contribution in [2.75, 3.05) is 68.9 Å². The van der Waals surface area contributed by atoms with Gasteiger partial charge in [-0.3, -0.25) is 4.98 Å². The average molecular weight is 518 g/mol. The van der Waals surface area contributed by atoms with Crippen LogP contribution in [0.3, 0.4) is 0 Å².